The third-order valence-electron chi connectivity index (χ3n) is 6.75. The minimum atomic E-state index is -3.86. The first kappa shape index (κ1) is 25.2. The topological polar surface area (TPSA) is 85.7 Å². The summed E-state index contributed by atoms with van der Waals surface area (Å²) in [5, 5.41) is 0. The minimum Gasteiger partial charge on any atom is -0.464 e. The molecule has 0 saturated heterocycles. The number of aryl methyl sites for hydroxylation is 1. The van der Waals surface area contributed by atoms with Gasteiger partial charge in [0.25, 0.3) is 0 Å². The van der Waals surface area contributed by atoms with Gasteiger partial charge in [0.15, 0.2) is 5.78 Å². The molecule has 8 heteroatoms. The molecule has 1 aliphatic carbocycles. The fourth-order valence-electron chi connectivity index (χ4n) is 4.78. The summed E-state index contributed by atoms with van der Waals surface area (Å²) in [6.45, 7) is 5.41. The molecule has 0 unspecified atom stereocenters. The summed E-state index contributed by atoms with van der Waals surface area (Å²) in [5.74, 6) is -0.610. The second-order valence-corrected chi connectivity index (χ2v) is 11.0. The third-order valence-corrected chi connectivity index (χ3v) is 8.58. The summed E-state index contributed by atoms with van der Waals surface area (Å²) in [7, 11) is -0.856. The van der Waals surface area contributed by atoms with E-state index in [0.29, 0.717) is 29.1 Å². The van der Waals surface area contributed by atoms with Crippen LogP contribution in [0.25, 0.3) is 0 Å². The lowest BCUT2D eigenvalue weighted by atomic mass is 9.89. The number of rotatable bonds is 8. The quantitative estimate of drug-likeness (QED) is 0.423. The zero-order chi connectivity index (χ0) is 24.3. The summed E-state index contributed by atoms with van der Waals surface area (Å²) >= 11 is 0. The fourth-order valence-corrected chi connectivity index (χ4v) is 6.25. The van der Waals surface area contributed by atoms with Crippen LogP contribution in [-0.2, 0) is 21.8 Å². The lowest BCUT2D eigenvalue weighted by Crippen LogP contribution is -2.39. The highest BCUT2D eigenvalue weighted by Gasteiger charge is 2.32. The van der Waals surface area contributed by atoms with Crippen LogP contribution in [0.3, 0.4) is 0 Å². The fraction of sp³-hybridized carbons (Fsp3) is 0.520. The lowest BCUT2D eigenvalue weighted by molar-refractivity contribution is 0.0588. The maximum absolute atomic E-state index is 13.6. The van der Waals surface area contributed by atoms with E-state index >= 15 is 0 Å². The molecule has 180 valence electrons. The number of ketones is 1. The van der Waals surface area contributed by atoms with Crippen LogP contribution in [0.2, 0.25) is 0 Å². The van der Waals surface area contributed by atoms with Crippen LogP contribution in [0.5, 0.6) is 0 Å². The number of esters is 1. The van der Waals surface area contributed by atoms with E-state index < -0.39 is 16.0 Å². The van der Waals surface area contributed by atoms with Crippen molar-refractivity contribution in [3.8, 4) is 0 Å². The van der Waals surface area contributed by atoms with Crippen molar-refractivity contribution in [2.75, 3.05) is 20.2 Å². The third kappa shape index (κ3) is 5.22. The average Bonchev–Trinajstić information content (AvgIpc) is 3.01. The molecule has 2 aromatic rings. The van der Waals surface area contributed by atoms with Crippen molar-refractivity contribution in [1.82, 2.24) is 8.87 Å². The molecule has 1 aliphatic rings. The van der Waals surface area contributed by atoms with E-state index in [0.717, 1.165) is 31.2 Å². The Hall–Kier alpha value is -2.45. The molecule has 1 heterocycles. The molecule has 33 heavy (non-hydrogen) atoms. The number of sulfonamides is 1. The van der Waals surface area contributed by atoms with E-state index in [4.69, 9.17) is 4.74 Å². The summed E-state index contributed by atoms with van der Waals surface area (Å²) in [6, 6.07) is 6.72. The van der Waals surface area contributed by atoms with Gasteiger partial charge in [-0.05, 0) is 57.2 Å². The summed E-state index contributed by atoms with van der Waals surface area (Å²) in [6.07, 6.45) is 5.25. The molecule has 0 aliphatic heterocycles. The van der Waals surface area contributed by atoms with Crippen molar-refractivity contribution in [1.29, 1.82) is 0 Å². The Balaban J connectivity index is 1.97. The predicted octanol–water partition coefficient (Wildman–Crippen LogP) is 4.19. The largest absolute Gasteiger partial charge is 0.464 e. The average molecular weight is 475 g/mol. The zero-order valence-corrected chi connectivity index (χ0v) is 21.0. The van der Waals surface area contributed by atoms with Gasteiger partial charge in [-0.25, -0.2) is 13.2 Å². The molecule has 0 N–H and O–H groups in total. The van der Waals surface area contributed by atoms with Crippen LogP contribution in [0.4, 0.5) is 0 Å². The smallest absolute Gasteiger partial charge is 0.354 e. The number of carbonyl (C=O) groups excluding carboxylic acids is 2. The summed E-state index contributed by atoms with van der Waals surface area (Å²) < 4.78 is 35.0. The van der Waals surface area contributed by atoms with Crippen LogP contribution in [0.1, 0.15) is 69.8 Å². The van der Waals surface area contributed by atoms with E-state index in [-0.39, 0.29) is 23.1 Å². The van der Waals surface area contributed by atoms with Gasteiger partial charge >= 0.3 is 5.97 Å². The van der Waals surface area contributed by atoms with E-state index in [1.54, 1.807) is 49.7 Å². The Labute approximate surface area is 196 Å². The van der Waals surface area contributed by atoms with Gasteiger partial charge in [0, 0.05) is 24.8 Å². The number of Topliss-reactive ketones (excluding diaryl/α,β-unsaturated/α-hetero) is 1. The minimum absolute atomic E-state index is 0.188. The molecule has 0 amide bonds. The summed E-state index contributed by atoms with van der Waals surface area (Å²) in [5.41, 5.74) is 2.78. The molecule has 7 nitrogen and oxygen atoms in total. The second kappa shape index (κ2) is 10.2. The van der Waals surface area contributed by atoms with Crippen LogP contribution in [-0.4, -0.2) is 49.2 Å². The first-order valence-corrected chi connectivity index (χ1v) is 12.9. The Morgan fingerprint density at radius 1 is 1.06 bits per heavy atom. The molecule has 1 saturated carbocycles. The van der Waals surface area contributed by atoms with E-state index in [2.05, 4.69) is 0 Å². The van der Waals surface area contributed by atoms with Crippen molar-refractivity contribution in [3.05, 3.63) is 52.3 Å². The number of carbonyl (C=O) groups is 2. The van der Waals surface area contributed by atoms with Gasteiger partial charge in [0.05, 0.1) is 18.6 Å². The number of methoxy groups -OCH3 is 1. The van der Waals surface area contributed by atoms with E-state index in [9.17, 15) is 18.0 Å². The van der Waals surface area contributed by atoms with Gasteiger partial charge in [-0.15, -0.1) is 0 Å². The Bertz CT molecular complexity index is 1130. The molecular formula is C25H34N2O5S. The molecule has 1 aromatic heterocycles. The maximum atomic E-state index is 13.6. The highest BCUT2D eigenvalue weighted by atomic mass is 32.2. The van der Waals surface area contributed by atoms with Crippen LogP contribution >= 0.6 is 0 Å². The highest BCUT2D eigenvalue weighted by molar-refractivity contribution is 7.89. The highest BCUT2D eigenvalue weighted by Crippen LogP contribution is 2.28. The number of nitrogens with zero attached hydrogens (tertiary/aromatic N) is 2. The molecule has 1 aromatic carbocycles. The van der Waals surface area contributed by atoms with Crippen molar-refractivity contribution in [2.45, 2.75) is 57.8 Å². The maximum Gasteiger partial charge on any atom is 0.354 e. The Morgan fingerprint density at radius 3 is 2.24 bits per heavy atom. The number of benzene rings is 1. The van der Waals surface area contributed by atoms with Gasteiger partial charge in [-0.3, -0.25) is 4.79 Å². The number of aromatic nitrogens is 1. The van der Waals surface area contributed by atoms with Gasteiger partial charge in [0.2, 0.25) is 10.0 Å². The SMILES string of the molecule is COC(=O)c1c(C)c(C(=O)CN(CC2CCCCC2)S(=O)(=O)c2ccc(C)cc2)c(C)n1C. The van der Waals surface area contributed by atoms with E-state index in [1.807, 2.05) is 6.92 Å². The number of ether oxygens (including phenoxy) is 1. The van der Waals surface area contributed by atoms with Crippen LogP contribution in [0, 0.1) is 26.7 Å². The molecule has 3 rings (SSSR count). The monoisotopic (exact) mass is 474 g/mol. The van der Waals surface area contributed by atoms with Gasteiger partial charge in [0.1, 0.15) is 5.69 Å². The number of hydrogen-bond donors (Lipinski definition) is 0. The standard InChI is InChI=1S/C25H34N2O5S/c1-17-11-13-21(14-12-17)33(30,31)27(15-20-9-7-6-8-10-20)16-22(28)23-18(2)24(25(29)32-5)26(4)19(23)3/h11-14,20H,6-10,15-16H2,1-5H3. The zero-order valence-electron chi connectivity index (χ0n) is 20.2. The van der Waals surface area contributed by atoms with Gasteiger partial charge in [-0.2, -0.15) is 4.31 Å². The van der Waals surface area contributed by atoms with Crippen LogP contribution < -0.4 is 0 Å². The lowest BCUT2D eigenvalue weighted by Gasteiger charge is -2.29. The second-order valence-electron chi connectivity index (χ2n) is 9.02. The Kier molecular flexibility index (Phi) is 7.80. The molecule has 0 bridgehead atoms. The van der Waals surface area contributed by atoms with Crippen LogP contribution in [0.15, 0.2) is 29.2 Å². The molecular weight excluding hydrogens is 440 g/mol. The predicted molar refractivity (Wildman–Crippen MR) is 127 cm³/mol. The first-order valence-electron chi connectivity index (χ1n) is 11.4. The molecule has 1 fully saturated rings. The van der Waals surface area contributed by atoms with Gasteiger partial charge in [-0.1, -0.05) is 37.0 Å². The Morgan fingerprint density at radius 2 is 1.67 bits per heavy atom. The normalized spacial score (nSPS) is 15.1. The molecule has 0 spiro atoms. The van der Waals surface area contributed by atoms with E-state index in [1.165, 1.54) is 17.8 Å². The van der Waals surface area contributed by atoms with Crippen molar-refractivity contribution in [3.63, 3.8) is 0 Å². The van der Waals surface area contributed by atoms with Crippen molar-refractivity contribution >= 4 is 21.8 Å². The van der Waals surface area contributed by atoms with Gasteiger partial charge < -0.3 is 9.30 Å². The first-order chi connectivity index (χ1) is 15.6. The van der Waals surface area contributed by atoms with Crippen molar-refractivity contribution < 1.29 is 22.7 Å². The molecule has 0 atom stereocenters. The van der Waals surface area contributed by atoms with Crippen molar-refractivity contribution in [2.24, 2.45) is 13.0 Å². The summed E-state index contributed by atoms with van der Waals surface area (Å²) in [4.78, 5) is 25.9. The number of hydrogen-bond acceptors (Lipinski definition) is 5. The molecule has 0 radical (unpaired) electrons.